The summed E-state index contributed by atoms with van der Waals surface area (Å²) in [5.74, 6) is -0.793. The molecule has 1 saturated heterocycles. The van der Waals surface area contributed by atoms with Crippen molar-refractivity contribution in [3.8, 4) is 11.4 Å². The number of likely N-dealkylation sites (tertiary alicyclic amines) is 1. The molecule has 0 bridgehead atoms. The molecule has 0 spiro atoms. The molecule has 0 radical (unpaired) electrons. The van der Waals surface area contributed by atoms with Gasteiger partial charge in [-0.1, -0.05) is 17.3 Å². The van der Waals surface area contributed by atoms with Gasteiger partial charge in [0, 0.05) is 31.0 Å². The van der Waals surface area contributed by atoms with Crippen LogP contribution in [0.1, 0.15) is 37.1 Å². The van der Waals surface area contributed by atoms with E-state index in [1.165, 1.54) is 6.07 Å². The molecule has 8 heteroatoms. The molecule has 1 aliphatic rings. The van der Waals surface area contributed by atoms with Crippen LogP contribution in [0.5, 0.6) is 0 Å². The molecule has 138 valence electrons. The molecule has 0 aliphatic carbocycles. The lowest BCUT2D eigenvalue weighted by Gasteiger charge is -2.23. The molecular formula is C18H20FN3O4. The van der Waals surface area contributed by atoms with Crippen LogP contribution in [0.25, 0.3) is 11.4 Å². The van der Waals surface area contributed by atoms with Crippen LogP contribution in [-0.4, -0.2) is 44.6 Å². The largest absolute Gasteiger partial charge is 0.481 e. The van der Waals surface area contributed by atoms with E-state index < -0.39 is 5.97 Å². The fourth-order valence-corrected chi connectivity index (χ4v) is 3.14. The monoisotopic (exact) mass is 361 g/mol. The molecule has 1 amide bonds. The first-order valence-corrected chi connectivity index (χ1v) is 8.54. The van der Waals surface area contributed by atoms with E-state index in [-0.39, 0.29) is 42.9 Å². The van der Waals surface area contributed by atoms with Gasteiger partial charge in [-0.05, 0) is 31.4 Å². The Morgan fingerprint density at radius 1 is 1.42 bits per heavy atom. The maximum Gasteiger partial charge on any atom is 0.305 e. The maximum atomic E-state index is 13.6. The third-order valence-corrected chi connectivity index (χ3v) is 4.56. The topological polar surface area (TPSA) is 96.5 Å². The van der Waals surface area contributed by atoms with Crippen molar-refractivity contribution in [3.05, 3.63) is 35.5 Å². The number of benzene rings is 1. The molecule has 1 aromatic carbocycles. The van der Waals surface area contributed by atoms with Crippen LogP contribution in [0.3, 0.4) is 0 Å². The number of carboxylic acids is 1. The summed E-state index contributed by atoms with van der Waals surface area (Å²) in [6.07, 6.45) is 1.92. The summed E-state index contributed by atoms with van der Waals surface area (Å²) in [5, 5.41) is 12.8. The molecule has 7 nitrogen and oxygen atoms in total. The first-order chi connectivity index (χ1) is 12.4. The van der Waals surface area contributed by atoms with E-state index in [0.29, 0.717) is 30.0 Å². The summed E-state index contributed by atoms with van der Waals surface area (Å²) in [6, 6.07) is 4.45. The van der Waals surface area contributed by atoms with Crippen LogP contribution in [0.15, 0.2) is 22.7 Å². The summed E-state index contributed by atoms with van der Waals surface area (Å²) >= 11 is 0. The number of hydrogen-bond acceptors (Lipinski definition) is 5. The lowest BCUT2D eigenvalue weighted by atomic mass is 10.1. The lowest BCUT2D eigenvalue weighted by molar-refractivity contribution is -0.139. The molecule has 3 rings (SSSR count). The Morgan fingerprint density at radius 3 is 2.96 bits per heavy atom. The number of hydrogen-bond donors (Lipinski definition) is 1. The van der Waals surface area contributed by atoms with Gasteiger partial charge < -0.3 is 14.5 Å². The predicted octanol–water partition coefficient (Wildman–Crippen LogP) is 2.58. The lowest BCUT2D eigenvalue weighted by Crippen LogP contribution is -2.36. The van der Waals surface area contributed by atoms with Gasteiger partial charge in [-0.3, -0.25) is 9.59 Å². The van der Waals surface area contributed by atoms with Gasteiger partial charge in [0.15, 0.2) is 0 Å². The summed E-state index contributed by atoms with van der Waals surface area (Å²) < 4.78 is 18.8. The zero-order valence-electron chi connectivity index (χ0n) is 14.4. The summed E-state index contributed by atoms with van der Waals surface area (Å²) in [7, 11) is 0. The van der Waals surface area contributed by atoms with Gasteiger partial charge in [0.1, 0.15) is 5.82 Å². The van der Waals surface area contributed by atoms with Crippen molar-refractivity contribution in [2.24, 2.45) is 0 Å². The van der Waals surface area contributed by atoms with Crippen LogP contribution in [0.2, 0.25) is 0 Å². The Morgan fingerprint density at radius 2 is 2.23 bits per heavy atom. The molecule has 2 heterocycles. The van der Waals surface area contributed by atoms with E-state index in [4.69, 9.17) is 9.63 Å². The Kier molecular flexibility index (Phi) is 5.29. The van der Waals surface area contributed by atoms with Crippen molar-refractivity contribution in [2.75, 3.05) is 6.54 Å². The van der Waals surface area contributed by atoms with E-state index in [1.54, 1.807) is 24.0 Å². The van der Waals surface area contributed by atoms with Gasteiger partial charge in [0.2, 0.25) is 17.6 Å². The zero-order valence-corrected chi connectivity index (χ0v) is 14.4. The smallest absolute Gasteiger partial charge is 0.305 e. The van der Waals surface area contributed by atoms with Crippen LogP contribution < -0.4 is 0 Å². The minimum Gasteiger partial charge on any atom is -0.481 e. The number of carbonyl (C=O) groups excluding carboxylic acids is 1. The van der Waals surface area contributed by atoms with Crippen LogP contribution in [0.4, 0.5) is 4.39 Å². The third-order valence-electron chi connectivity index (χ3n) is 4.56. The Labute approximate surface area is 149 Å². The second-order valence-corrected chi connectivity index (χ2v) is 6.46. The van der Waals surface area contributed by atoms with Crippen molar-refractivity contribution in [1.82, 2.24) is 15.0 Å². The molecular weight excluding hydrogens is 341 g/mol. The number of aromatic nitrogens is 2. The second-order valence-electron chi connectivity index (χ2n) is 6.46. The standard InChI is InChI=1S/C18H20FN3O4/c1-11-4-5-12(9-14(11)19)18-20-15(26-21-18)6-7-16(23)22-8-2-3-13(22)10-17(24)25/h4-5,9,13H,2-3,6-8,10H2,1H3,(H,24,25)/t13-/m0/s1. The Bertz CT molecular complexity index is 821. The fraction of sp³-hybridized carbons (Fsp3) is 0.444. The van der Waals surface area contributed by atoms with Crippen molar-refractivity contribution in [2.45, 2.75) is 45.1 Å². The first-order valence-electron chi connectivity index (χ1n) is 8.54. The third kappa shape index (κ3) is 4.07. The Balaban J connectivity index is 1.60. The number of aliphatic carboxylic acids is 1. The minimum absolute atomic E-state index is 0.0323. The molecule has 1 fully saturated rings. The average molecular weight is 361 g/mol. The SMILES string of the molecule is Cc1ccc(-c2noc(CCC(=O)N3CCC[C@H]3CC(=O)O)n2)cc1F. The van der Waals surface area contributed by atoms with Gasteiger partial charge >= 0.3 is 5.97 Å². The van der Waals surface area contributed by atoms with E-state index in [1.807, 2.05) is 0 Å². The number of carboxylic acid groups (broad SMARTS) is 1. The number of halogens is 1. The van der Waals surface area contributed by atoms with E-state index >= 15 is 0 Å². The number of nitrogens with zero attached hydrogens (tertiary/aromatic N) is 3. The van der Waals surface area contributed by atoms with Crippen LogP contribution in [0, 0.1) is 12.7 Å². The van der Waals surface area contributed by atoms with Crippen LogP contribution >= 0.6 is 0 Å². The Hall–Kier alpha value is -2.77. The van der Waals surface area contributed by atoms with Crippen molar-refractivity contribution in [3.63, 3.8) is 0 Å². The van der Waals surface area contributed by atoms with Gasteiger partial charge in [0.05, 0.1) is 6.42 Å². The average Bonchev–Trinajstić information content (AvgIpc) is 3.24. The number of aryl methyl sites for hydroxylation is 2. The number of amides is 1. The molecule has 0 saturated carbocycles. The molecule has 1 N–H and O–H groups in total. The van der Waals surface area contributed by atoms with Crippen molar-refractivity contribution >= 4 is 11.9 Å². The molecule has 1 atom stereocenters. The molecule has 2 aromatic rings. The summed E-state index contributed by atoms with van der Waals surface area (Å²) in [4.78, 5) is 29.1. The van der Waals surface area contributed by atoms with Gasteiger partial charge in [-0.2, -0.15) is 4.98 Å². The first kappa shape index (κ1) is 18.0. The van der Waals surface area contributed by atoms with E-state index in [9.17, 15) is 14.0 Å². The summed E-state index contributed by atoms with van der Waals surface area (Å²) in [5.41, 5.74) is 1.04. The highest BCUT2D eigenvalue weighted by Gasteiger charge is 2.30. The normalized spacial score (nSPS) is 16.8. The highest BCUT2D eigenvalue weighted by molar-refractivity contribution is 5.78. The van der Waals surface area contributed by atoms with Gasteiger partial charge in [-0.25, -0.2) is 4.39 Å². The van der Waals surface area contributed by atoms with Crippen molar-refractivity contribution < 1.29 is 23.6 Å². The maximum absolute atomic E-state index is 13.6. The molecule has 0 unspecified atom stereocenters. The summed E-state index contributed by atoms with van der Waals surface area (Å²) in [6.45, 7) is 2.25. The quantitative estimate of drug-likeness (QED) is 0.849. The van der Waals surface area contributed by atoms with Crippen molar-refractivity contribution in [1.29, 1.82) is 0 Å². The molecule has 26 heavy (non-hydrogen) atoms. The van der Waals surface area contributed by atoms with Crippen LogP contribution in [-0.2, 0) is 16.0 Å². The number of rotatable bonds is 6. The minimum atomic E-state index is -0.901. The van der Waals surface area contributed by atoms with Gasteiger partial charge in [0.25, 0.3) is 0 Å². The molecule has 1 aromatic heterocycles. The van der Waals surface area contributed by atoms with Gasteiger partial charge in [-0.15, -0.1) is 0 Å². The highest BCUT2D eigenvalue weighted by atomic mass is 19.1. The number of carbonyl (C=O) groups is 2. The molecule has 1 aliphatic heterocycles. The second kappa shape index (κ2) is 7.63. The van der Waals surface area contributed by atoms with E-state index in [0.717, 1.165) is 6.42 Å². The fourth-order valence-electron chi connectivity index (χ4n) is 3.14. The predicted molar refractivity (Wildman–Crippen MR) is 89.7 cm³/mol. The zero-order chi connectivity index (χ0) is 18.7. The highest BCUT2D eigenvalue weighted by Crippen LogP contribution is 2.22. The van der Waals surface area contributed by atoms with E-state index in [2.05, 4.69) is 10.1 Å².